The minimum absolute atomic E-state index is 0.0278. The van der Waals surface area contributed by atoms with Crippen LogP contribution in [0.25, 0.3) is 0 Å². The Balaban J connectivity index is 1.88. The molecular formula is C14H12F2N2O. The predicted molar refractivity (Wildman–Crippen MR) is 69.9 cm³/mol. The molecule has 0 aliphatic carbocycles. The van der Waals surface area contributed by atoms with Crippen LogP contribution in [0.2, 0.25) is 0 Å². The highest BCUT2D eigenvalue weighted by atomic mass is 19.1. The van der Waals surface area contributed by atoms with Gasteiger partial charge >= 0.3 is 0 Å². The van der Waals surface area contributed by atoms with E-state index in [9.17, 15) is 13.6 Å². The first-order valence-electron chi connectivity index (χ1n) is 5.69. The zero-order valence-corrected chi connectivity index (χ0v) is 9.99. The van der Waals surface area contributed by atoms with Crippen LogP contribution in [0.3, 0.4) is 0 Å². The number of rotatable bonds is 4. The second-order valence-corrected chi connectivity index (χ2v) is 3.89. The summed E-state index contributed by atoms with van der Waals surface area (Å²) in [6.07, 6.45) is 0. The van der Waals surface area contributed by atoms with E-state index in [1.165, 1.54) is 36.4 Å². The van der Waals surface area contributed by atoms with Gasteiger partial charge in [-0.3, -0.25) is 4.79 Å². The van der Waals surface area contributed by atoms with Crippen LogP contribution in [0.15, 0.2) is 48.5 Å². The van der Waals surface area contributed by atoms with E-state index >= 15 is 0 Å². The summed E-state index contributed by atoms with van der Waals surface area (Å²) in [5.41, 5.74) is 0.749. The standard InChI is InChI=1S/C14H12F2N2O/c15-10-5-7-11(8-6-10)17-9-14(19)18-13-4-2-1-3-12(13)16/h1-8,17H,9H2,(H,18,19). The second-order valence-electron chi connectivity index (χ2n) is 3.89. The molecule has 0 radical (unpaired) electrons. The third kappa shape index (κ3) is 3.77. The molecule has 0 aliphatic rings. The molecule has 98 valence electrons. The molecule has 1 amide bonds. The number of benzene rings is 2. The van der Waals surface area contributed by atoms with Gasteiger partial charge < -0.3 is 10.6 Å². The Morgan fingerprint density at radius 1 is 1.00 bits per heavy atom. The zero-order valence-electron chi connectivity index (χ0n) is 9.99. The summed E-state index contributed by atoms with van der Waals surface area (Å²) in [5.74, 6) is -1.21. The van der Waals surface area contributed by atoms with E-state index in [1.807, 2.05) is 0 Å². The molecule has 19 heavy (non-hydrogen) atoms. The average molecular weight is 262 g/mol. The molecule has 5 heteroatoms. The summed E-state index contributed by atoms with van der Waals surface area (Å²) in [5, 5.41) is 5.25. The fraction of sp³-hybridized carbons (Fsp3) is 0.0714. The van der Waals surface area contributed by atoms with E-state index < -0.39 is 5.82 Å². The summed E-state index contributed by atoms with van der Waals surface area (Å²) < 4.78 is 25.9. The lowest BCUT2D eigenvalue weighted by molar-refractivity contribution is -0.114. The van der Waals surface area contributed by atoms with Crippen molar-refractivity contribution in [3.63, 3.8) is 0 Å². The molecule has 0 unspecified atom stereocenters. The Morgan fingerprint density at radius 3 is 2.37 bits per heavy atom. The van der Waals surface area contributed by atoms with Crippen molar-refractivity contribution in [2.75, 3.05) is 17.2 Å². The number of carbonyl (C=O) groups excluding carboxylic acids is 1. The minimum atomic E-state index is -0.488. The van der Waals surface area contributed by atoms with E-state index in [0.717, 1.165) is 0 Å². The van der Waals surface area contributed by atoms with Crippen LogP contribution in [0.5, 0.6) is 0 Å². The summed E-state index contributed by atoms with van der Waals surface area (Å²) in [6, 6.07) is 11.5. The molecule has 2 N–H and O–H groups in total. The Labute approximate surface area is 109 Å². The molecule has 3 nitrogen and oxygen atoms in total. The third-order valence-electron chi connectivity index (χ3n) is 2.45. The maximum atomic E-state index is 13.3. The van der Waals surface area contributed by atoms with Gasteiger partial charge in [-0.15, -0.1) is 0 Å². The number of hydrogen-bond acceptors (Lipinski definition) is 2. The Morgan fingerprint density at radius 2 is 1.68 bits per heavy atom. The van der Waals surface area contributed by atoms with Gasteiger partial charge in [-0.25, -0.2) is 8.78 Å². The van der Waals surface area contributed by atoms with Crippen molar-refractivity contribution in [1.29, 1.82) is 0 Å². The van der Waals surface area contributed by atoms with Crippen LogP contribution in [-0.4, -0.2) is 12.5 Å². The van der Waals surface area contributed by atoms with Gasteiger partial charge in [0.05, 0.1) is 12.2 Å². The van der Waals surface area contributed by atoms with Crippen LogP contribution < -0.4 is 10.6 Å². The summed E-state index contributed by atoms with van der Waals surface area (Å²) >= 11 is 0. The molecular weight excluding hydrogens is 250 g/mol. The van der Waals surface area contributed by atoms with Crippen LogP contribution in [0.4, 0.5) is 20.2 Å². The number of para-hydroxylation sites is 1. The average Bonchev–Trinajstić information content (AvgIpc) is 2.41. The first-order chi connectivity index (χ1) is 9.15. The molecule has 0 atom stereocenters. The van der Waals surface area contributed by atoms with E-state index in [4.69, 9.17) is 0 Å². The lowest BCUT2D eigenvalue weighted by Crippen LogP contribution is -2.22. The Kier molecular flexibility index (Phi) is 4.07. The van der Waals surface area contributed by atoms with Crippen molar-refractivity contribution in [1.82, 2.24) is 0 Å². The van der Waals surface area contributed by atoms with E-state index in [1.54, 1.807) is 12.1 Å². The molecule has 0 spiro atoms. The third-order valence-corrected chi connectivity index (χ3v) is 2.45. The summed E-state index contributed by atoms with van der Waals surface area (Å²) in [4.78, 5) is 11.6. The number of carbonyl (C=O) groups is 1. The normalized spacial score (nSPS) is 10.0. The highest BCUT2D eigenvalue weighted by molar-refractivity contribution is 5.93. The van der Waals surface area contributed by atoms with Gasteiger partial charge in [-0.1, -0.05) is 12.1 Å². The quantitative estimate of drug-likeness (QED) is 0.889. The van der Waals surface area contributed by atoms with E-state index in [0.29, 0.717) is 5.69 Å². The maximum absolute atomic E-state index is 13.3. The number of amides is 1. The van der Waals surface area contributed by atoms with Crippen molar-refractivity contribution in [3.8, 4) is 0 Å². The van der Waals surface area contributed by atoms with Crippen molar-refractivity contribution in [2.45, 2.75) is 0 Å². The molecule has 0 bridgehead atoms. The molecule has 0 saturated carbocycles. The minimum Gasteiger partial charge on any atom is -0.376 e. The summed E-state index contributed by atoms with van der Waals surface area (Å²) in [7, 11) is 0. The predicted octanol–water partition coefficient (Wildman–Crippen LogP) is 3.02. The van der Waals surface area contributed by atoms with Gasteiger partial charge in [-0.05, 0) is 36.4 Å². The largest absolute Gasteiger partial charge is 0.376 e. The molecule has 2 aromatic carbocycles. The van der Waals surface area contributed by atoms with Crippen LogP contribution in [-0.2, 0) is 4.79 Å². The van der Waals surface area contributed by atoms with Crippen LogP contribution >= 0.6 is 0 Å². The first-order valence-corrected chi connectivity index (χ1v) is 5.69. The van der Waals surface area contributed by atoms with Crippen molar-refractivity contribution in [2.24, 2.45) is 0 Å². The SMILES string of the molecule is O=C(CNc1ccc(F)cc1)Nc1ccccc1F. The molecule has 0 aliphatic heterocycles. The maximum Gasteiger partial charge on any atom is 0.243 e. The molecule has 0 aromatic heterocycles. The second kappa shape index (κ2) is 5.95. The summed E-state index contributed by atoms with van der Waals surface area (Å²) in [6.45, 7) is -0.0278. The molecule has 0 heterocycles. The smallest absolute Gasteiger partial charge is 0.243 e. The fourth-order valence-corrected chi connectivity index (χ4v) is 1.51. The van der Waals surface area contributed by atoms with Gasteiger partial charge in [-0.2, -0.15) is 0 Å². The lowest BCUT2D eigenvalue weighted by Gasteiger charge is -2.08. The van der Waals surface area contributed by atoms with Crippen molar-refractivity contribution >= 4 is 17.3 Å². The van der Waals surface area contributed by atoms with Gasteiger partial charge in [0.25, 0.3) is 0 Å². The number of hydrogen-bond donors (Lipinski definition) is 2. The Bertz CT molecular complexity index is 570. The van der Waals surface area contributed by atoms with Crippen LogP contribution in [0.1, 0.15) is 0 Å². The number of halogens is 2. The zero-order chi connectivity index (χ0) is 13.7. The molecule has 2 aromatic rings. The highest BCUT2D eigenvalue weighted by Crippen LogP contribution is 2.12. The monoisotopic (exact) mass is 262 g/mol. The highest BCUT2D eigenvalue weighted by Gasteiger charge is 2.05. The lowest BCUT2D eigenvalue weighted by atomic mass is 10.3. The topological polar surface area (TPSA) is 41.1 Å². The van der Waals surface area contributed by atoms with Crippen molar-refractivity contribution in [3.05, 3.63) is 60.2 Å². The van der Waals surface area contributed by atoms with Gasteiger partial charge in [0.15, 0.2) is 0 Å². The van der Waals surface area contributed by atoms with Crippen LogP contribution in [0, 0.1) is 11.6 Å². The number of anilines is 2. The molecule has 0 saturated heterocycles. The molecule has 2 rings (SSSR count). The number of nitrogens with one attached hydrogen (secondary N) is 2. The van der Waals surface area contributed by atoms with Gasteiger partial charge in [0.1, 0.15) is 11.6 Å². The van der Waals surface area contributed by atoms with E-state index in [2.05, 4.69) is 10.6 Å². The van der Waals surface area contributed by atoms with Gasteiger partial charge in [0, 0.05) is 5.69 Å². The van der Waals surface area contributed by atoms with Crippen molar-refractivity contribution < 1.29 is 13.6 Å². The van der Waals surface area contributed by atoms with Gasteiger partial charge in [0.2, 0.25) is 5.91 Å². The molecule has 0 fully saturated rings. The Hall–Kier alpha value is -2.43. The fourth-order valence-electron chi connectivity index (χ4n) is 1.51. The first kappa shape index (κ1) is 13.0. The van der Waals surface area contributed by atoms with E-state index in [-0.39, 0.29) is 24.0 Å².